The van der Waals surface area contributed by atoms with Crippen LogP contribution in [0.5, 0.6) is 0 Å². The van der Waals surface area contributed by atoms with Crippen LogP contribution >= 0.6 is 0 Å². The van der Waals surface area contributed by atoms with E-state index in [0.29, 0.717) is 18.1 Å². The SMILES string of the molecule is Cn1ncnc1CNc1cc(F)cc(F)c1. The van der Waals surface area contributed by atoms with Crippen LogP contribution in [-0.2, 0) is 13.6 Å². The molecule has 0 bridgehead atoms. The third kappa shape index (κ3) is 2.33. The fourth-order valence-electron chi connectivity index (χ4n) is 1.32. The molecule has 6 heteroatoms. The fourth-order valence-corrected chi connectivity index (χ4v) is 1.32. The summed E-state index contributed by atoms with van der Waals surface area (Å²) in [5.74, 6) is -0.536. The van der Waals surface area contributed by atoms with Gasteiger partial charge in [0.15, 0.2) is 0 Å². The van der Waals surface area contributed by atoms with Gasteiger partial charge in [-0.05, 0) is 12.1 Å². The summed E-state index contributed by atoms with van der Waals surface area (Å²) in [4.78, 5) is 3.98. The number of anilines is 1. The van der Waals surface area contributed by atoms with Crippen LogP contribution in [0.15, 0.2) is 24.5 Å². The maximum absolute atomic E-state index is 12.9. The second kappa shape index (κ2) is 4.26. The number of benzene rings is 1. The van der Waals surface area contributed by atoms with Crippen LogP contribution < -0.4 is 5.32 Å². The van der Waals surface area contributed by atoms with Gasteiger partial charge in [0.1, 0.15) is 23.8 Å². The monoisotopic (exact) mass is 224 g/mol. The Labute approximate surface area is 90.9 Å². The zero-order chi connectivity index (χ0) is 11.5. The normalized spacial score (nSPS) is 10.4. The molecule has 1 N–H and O–H groups in total. The number of rotatable bonds is 3. The lowest BCUT2D eigenvalue weighted by Crippen LogP contribution is -2.07. The molecule has 1 aromatic heterocycles. The van der Waals surface area contributed by atoms with E-state index < -0.39 is 11.6 Å². The third-order valence-corrected chi connectivity index (χ3v) is 2.12. The van der Waals surface area contributed by atoms with Gasteiger partial charge in [-0.1, -0.05) is 0 Å². The number of aryl methyl sites for hydroxylation is 1. The van der Waals surface area contributed by atoms with Crippen molar-refractivity contribution in [2.75, 3.05) is 5.32 Å². The van der Waals surface area contributed by atoms with Crippen LogP contribution in [0.2, 0.25) is 0 Å². The molecule has 2 rings (SSSR count). The van der Waals surface area contributed by atoms with Crippen molar-refractivity contribution in [3.63, 3.8) is 0 Å². The predicted octanol–water partition coefficient (Wildman–Crippen LogP) is 1.71. The average molecular weight is 224 g/mol. The molecule has 0 saturated carbocycles. The molecular formula is C10H10F2N4. The van der Waals surface area contributed by atoms with Crippen LogP contribution in [0, 0.1) is 11.6 Å². The van der Waals surface area contributed by atoms with Crippen molar-refractivity contribution in [1.29, 1.82) is 0 Å². The number of halogens is 2. The van der Waals surface area contributed by atoms with Gasteiger partial charge in [0, 0.05) is 18.8 Å². The lowest BCUT2D eigenvalue weighted by molar-refractivity contribution is 0.584. The minimum absolute atomic E-state index is 0.361. The van der Waals surface area contributed by atoms with Crippen molar-refractivity contribution in [3.05, 3.63) is 42.0 Å². The third-order valence-electron chi connectivity index (χ3n) is 2.12. The minimum Gasteiger partial charge on any atom is -0.378 e. The Kier molecular flexibility index (Phi) is 2.80. The number of hydrogen-bond donors (Lipinski definition) is 1. The summed E-state index contributed by atoms with van der Waals surface area (Å²) in [5.41, 5.74) is 0.375. The first-order chi connectivity index (χ1) is 7.65. The molecule has 4 nitrogen and oxygen atoms in total. The Balaban J connectivity index is 2.07. The lowest BCUT2D eigenvalue weighted by Gasteiger charge is -2.05. The zero-order valence-electron chi connectivity index (χ0n) is 8.61. The molecule has 1 heterocycles. The summed E-state index contributed by atoms with van der Waals surface area (Å²) in [6.07, 6.45) is 1.42. The van der Waals surface area contributed by atoms with E-state index in [9.17, 15) is 8.78 Å². The maximum atomic E-state index is 12.9. The van der Waals surface area contributed by atoms with E-state index in [1.54, 1.807) is 11.7 Å². The smallest absolute Gasteiger partial charge is 0.145 e. The zero-order valence-corrected chi connectivity index (χ0v) is 8.61. The van der Waals surface area contributed by atoms with Crippen LogP contribution in [0.25, 0.3) is 0 Å². The van der Waals surface area contributed by atoms with Crippen molar-refractivity contribution in [2.45, 2.75) is 6.54 Å². The molecular weight excluding hydrogens is 214 g/mol. The summed E-state index contributed by atoms with van der Waals surface area (Å²) in [6.45, 7) is 0.361. The summed E-state index contributed by atoms with van der Waals surface area (Å²) in [5, 5.41) is 6.75. The number of nitrogens with one attached hydrogen (secondary N) is 1. The van der Waals surface area contributed by atoms with E-state index >= 15 is 0 Å². The highest BCUT2D eigenvalue weighted by molar-refractivity contribution is 5.43. The highest BCUT2D eigenvalue weighted by atomic mass is 19.1. The Morgan fingerprint density at radius 1 is 1.25 bits per heavy atom. The summed E-state index contributed by atoms with van der Waals surface area (Å²) >= 11 is 0. The van der Waals surface area contributed by atoms with Gasteiger partial charge in [0.2, 0.25) is 0 Å². The molecule has 0 saturated heterocycles. The largest absolute Gasteiger partial charge is 0.378 e. The van der Waals surface area contributed by atoms with E-state index in [1.807, 2.05) is 0 Å². The number of nitrogens with zero attached hydrogens (tertiary/aromatic N) is 3. The predicted molar refractivity (Wildman–Crippen MR) is 54.7 cm³/mol. The van der Waals surface area contributed by atoms with Crippen molar-refractivity contribution < 1.29 is 8.78 Å². The molecule has 2 aromatic rings. The molecule has 0 fully saturated rings. The summed E-state index contributed by atoms with van der Waals surface area (Å²) < 4.78 is 27.3. The lowest BCUT2D eigenvalue weighted by atomic mass is 10.3. The molecule has 0 aliphatic rings. The van der Waals surface area contributed by atoms with Crippen LogP contribution in [0.4, 0.5) is 14.5 Å². The number of hydrogen-bond acceptors (Lipinski definition) is 3. The van der Waals surface area contributed by atoms with E-state index in [0.717, 1.165) is 6.07 Å². The molecule has 1 aromatic carbocycles. The van der Waals surface area contributed by atoms with Crippen molar-refractivity contribution in [1.82, 2.24) is 14.8 Å². The Morgan fingerprint density at radius 2 is 1.94 bits per heavy atom. The molecule has 0 unspecified atom stereocenters. The second-order valence-corrected chi connectivity index (χ2v) is 3.31. The Bertz CT molecular complexity index is 475. The average Bonchev–Trinajstić information content (AvgIpc) is 2.59. The second-order valence-electron chi connectivity index (χ2n) is 3.31. The van der Waals surface area contributed by atoms with Gasteiger partial charge in [0.05, 0.1) is 6.54 Å². The van der Waals surface area contributed by atoms with E-state index in [4.69, 9.17) is 0 Å². The molecule has 0 atom stereocenters. The number of aromatic nitrogens is 3. The maximum Gasteiger partial charge on any atom is 0.145 e. The van der Waals surface area contributed by atoms with Crippen LogP contribution in [-0.4, -0.2) is 14.8 Å². The topological polar surface area (TPSA) is 42.7 Å². The summed E-state index contributed by atoms with van der Waals surface area (Å²) in [7, 11) is 1.75. The van der Waals surface area contributed by atoms with Gasteiger partial charge < -0.3 is 5.32 Å². The van der Waals surface area contributed by atoms with E-state index in [2.05, 4.69) is 15.4 Å². The first-order valence-electron chi connectivity index (χ1n) is 4.68. The quantitative estimate of drug-likeness (QED) is 0.863. The summed E-state index contributed by atoms with van der Waals surface area (Å²) in [6, 6.07) is 3.27. The highest BCUT2D eigenvalue weighted by Gasteiger charge is 2.02. The molecule has 0 aliphatic heterocycles. The minimum atomic E-state index is -0.611. The van der Waals surface area contributed by atoms with Crippen LogP contribution in [0.1, 0.15) is 5.82 Å². The molecule has 0 spiro atoms. The van der Waals surface area contributed by atoms with Gasteiger partial charge in [-0.3, -0.25) is 4.68 Å². The molecule has 0 radical (unpaired) electrons. The standard InChI is InChI=1S/C10H10F2N4/c1-16-10(14-6-15-16)5-13-9-3-7(11)2-8(12)4-9/h2-4,6,13H,5H2,1H3. The van der Waals surface area contributed by atoms with E-state index in [-0.39, 0.29) is 0 Å². The van der Waals surface area contributed by atoms with Gasteiger partial charge in [0.25, 0.3) is 0 Å². The van der Waals surface area contributed by atoms with E-state index in [1.165, 1.54) is 18.5 Å². The molecule has 0 amide bonds. The van der Waals surface area contributed by atoms with Gasteiger partial charge >= 0.3 is 0 Å². The first kappa shape index (κ1) is 10.5. The van der Waals surface area contributed by atoms with Crippen LogP contribution in [0.3, 0.4) is 0 Å². The molecule has 16 heavy (non-hydrogen) atoms. The Hall–Kier alpha value is -1.98. The van der Waals surface area contributed by atoms with Gasteiger partial charge in [-0.15, -0.1) is 0 Å². The fraction of sp³-hybridized carbons (Fsp3) is 0.200. The van der Waals surface area contributed by atoms with Crippen molar-refractivity contribution in [3.8, 4) is 0 Å². The molecule has 0 aliphatic carbocycles. The van der Waals surface area contributed by atoms with Crippen molar-refractivity contribution >= 4 is 5.69 Å². The Morgan fingerprint density at radius 3 is 2.50 bits per heavy atom. The van der Waals surface area contributed by atoms with Gasteiger partial charge in [-0.25, -0.2) is 13.8 Å². The molecule has 84 valence electrons. The highest BCUT2D eigenvalue weighted by Crippen LogP contribution is 2.13. The first-order valence-corrected chi connectivity index (χ1v) is 4.68. The van der Waals surface area contributed by atoms with Gasteiger partial charge in [-0.2, -0.15) is 5.10 Å². The van der Waals surface area contributed by atoms with Crippen molar-refractivity contribution in [2.24, 2.45) is 7.05 Å².